The molecule has 0 aromatic heterocycles. The van der Waals surface area contributed by atoms with Crippen molar-refractivity contribution >= 4 is 23.4 Å². The van der Waals surface area contributed by atoms with Crippen LogP contribution in [0.4, 0.5) is 5.69 Å². The molecule has 1 heterocycles. The van der Waals surface area contributed by atoms with Crippen molar-refractivity contribution in [3.05, 3.63) is 29.8 Å². The molecule has 0 saturated carbocycles. The second kappa shape index (κ2) is 12.3. The van der Waals surface area contributed by atoms with Crippen molar-refractivity contribution in [3.8, 4) is 0 Å². The van der Waals surface area contributed by atoms with Gasteiger partial charge in [-0.15, -0.1) is 0 Å². The summed E-state index contributed by atoms with van der Waals surface area (Å²) in [5.74, 6) is -0.391. The number of carbonyl (C=O) groups excluding carboxylic acids is 3. The smallest absolute Gasteiger partial charge is 0.254 e. The average Bonchev–Trinajstić information content (AvgIpc) is 2.76. The molecule has 0 unspecified atom stereocenters. The van der Waals surface area contributed by atoms with Crippen LogP contribution in [0.25, 0.3) is 0 Å². The molecule has 0 radical (unpaired) electrons. The van der Waals surface area contributed by atoms with Crippen LogP contribution in [0, 0.1) is 0 Å². The predicted octanol–water partition coefficient (Wildman–Crippen LogP) is 1.68. The van der Waals surface area contributed by atoms with Gasteiger partial charge >= 0.3 is 0 Å². The molecular weight excluding hydrogens is 384 g/mol. The molecule has 8 nitrogen and oxygen atoms in total. The fourth-order valence-corrected chi connectivity index (χ4v) is 3.44. The molecule has 0 spiro atoms. The number of nitrogens with zero attached hydrogens (tertiary/aromatic N) is 3. The van der Waals surface area contributed by atoms with Gasteiger partial charge in [-0.2, -0.15) is 0 Å². The quantitative estimate of drug-likeness (QED) is 0.625. The lowest BCUT2D eigenvalue weighted by atomic mass is 10.1. The first kappa shape index (κ1) is 23.8. The van der Waals surface area contributed by atoms with Gasteiger partial charge in [-0.3, -0.25) is 14.4 Å². The largest absolute Gasteiger partial charge is 0.378 e. The molecule has 3 amide bonds. The minimum Gasteiger partial charge on any atom is -0.378 e. The van der Waals surface area contributed by atoms with Gasteiger partial charge < -0.3 is 24.8 Å². The SMILES string of the molecule is CCN(CC)CCCN(CC(=O)N1CCOCC1)C(=O)c1ccc(NC(C)=O)cc1. The van der Waals surface area contributed by atoms with Crippen molar-refractivity contribution in [2.24, 2.45) is 0 Å². The van der Waals surface area contributed by atoms with Crippen LogP contribution in [-0.4, -0.2) is 91.4 Å². The zero-order chi connectivity index (χ0) is 21.9. The molecule has 0 bridgehead atoms. The Kier molecular flexibility index (Phi) is 9.76. The lowest BCUT2D eigenvalue weighted by Gasteiger charge is -2.30. The molecule has 0 aliphatic carbocycles. The molecule has 1 aliphatic rings. The number of ether oxygens (including phenoxy) is 1. The summed E-state index contributed by atoms with van der Waals surface area (Å²) in [6, 6.07) is 6.77. The monoisotopic (exact) mass is 418 g/mol. The molecule has 1 aromatic rings. The van der Waals surface area contributed by atoms with Gasteiger partial charge in [-0.1, -0.05) is 13.8 Å². The first-order valence-electron chi connectivity index (χ1n) is 10.7. The molecule has 1 aliphatic heterocycles. The second-order valence-corrected chi connectivity index (χ2v) is 7.36. The fourth-order valence-electron chi connectivity index (χ4n) is 3.44. The van der Waals surface area contributed by atoms with Gasteiger partial charge in [0.15, 0.2) is 0 Å². The minimum absolute atomic E-state index is 0.0515. The number of amides is 3. The van der Waals surface area contributed by atoms with E-state index in [1.54, 1.807) is 34.1 Å². The Morgan fingerprint density at radius 1 is 1.03 bits per heavy atom. The lowest BCUT2D eigenvalue weighted by Crippen LogP contribution is -2.47. The highest BCUT2D eigenvalue weighted by atomic mass is 16.5. The van der Waals surface area contributed by atoms with E-state index in [0.29, 0.717) is 44.1 Å². The molecule has 8 heteroatoms. The maximum Gasteiger partial charge on any atom is 0.254 e. The summed E-state index contributed by atoms with van der Waals surface area (Å²) in [5.41, 5.74) is 1.14. The number of benzene rings is 1. The van der Waals surface area contributed by atoms with Crippen LogP contribution in [0.5, 0.6) is 0 Å². The van der Waals surface area contributed by atoms with Crippen molar-refractivity contribution in [1.82, 2.24) is 14.7 Å². The van der Waals surface area contributed by atoms with E-state index in [2.05, 4.69) is 24.1 Å². The van der Waals surface area contributed by atoms with Gasteiger partial charge in [0.2, 0.25) is 11.8 Å². The standard InChI is InChI=1S/C22H34N4O4/c1-4-24(5-2)11-6-12-26(17-21(28)25-13-15-30-16-14-25)22(29)19-7-9-20(10-8-19)23-18(3)27/h7-10H,4-6,11-17H2,1-3H3,(H,23,27). The Balaban J connectivity index is 2.06. The number of morpholine rings is 1. The summed E-state index contributed by atoms with van der Waals surface area (Å²) in [4.78, 5) is 42.8. The zero-order valence-corrected chi connectivity index (χ0v) is 18.4. The van der Waals surface area contributed by atoms with Gasteiger partial charge in [0, 0.05) is 37.8 Å². The molecule has 1 N–H and O–H groups in total. The Labute approximate surface area is 179 Å². The van der Waals surface area contributed by atoms with Crippen molar-refractivity contribution in [2.45, 2.75) is 27.2 Å². The van der Waals surface area contributed by atoms with Gasteiger partial charge in [-0.05, 0) is 50.3 Å². The summed E-state index contributed by atoms with van der Waals surface area (Å²) in [5, 5.41) is 2.69. The number of hydrogen-bond donors (Lipinski definition) is 1. The van der Waals surface area contributed by atoms with E-state index in [9.17, 15) is 14.4 Å². The van der Waals surface area contributed by atoms with Gasteiger partial charge in [-0.25, -0.2) is 0 Å². The zero-order valence-electron chi connectivity index (χ0n) is 18.4. The maximum atomic E-state index is 13.1. The van der Waals surface area contributed by atoms with Crippen molar-refractivity contribution < 1.29 is 19.1 Å². The molecule has 0 atom stereocenters. The normalized spacial score (nSPS) is 13.9. The summed E-state index contributed by atoms with van der Waals surface area (Å²) in [6.45, 7) is 11.2. The van der Waals surface area contributed by atoms with Crippen molar-refractivity contribution in [3.63, 3.8) is 0 Å². The van der Waals surface area contributed by atoms with Crippen LogP contribution < -0.4 is 5.32 Å². The van der Waals surface area contributed by atoms with Crippen LogP contribution in [-0.2, 0) is 14.3 Å². The number of anilines is 1. The Hall–Kier alpha value is -2.45. The minimum atomic E-state index is -0.175. The fraction of sp³-hybridized carbons (Fsp3) is 0.591. The van der Waals surface area contributed by atoms with E-state index in [0.717, 1.165) is 26.1 Å². The number of hydrogen-bond acceptors (Lipinski definition) is 5. The van der Waals surface area contributed by atoms with E-state index in [1.807, 2.05) is 0 Å². The Morgan fingerprint density at radius 3 is 2.23 bits per heavy atom. The maximum absolute atomic E-state index is 13.1. The number of nitrogens with one attached hydrogen (secondary N) is 1. The Morgan fingerprint density at radius 2 is 1.67 bits per heavy atom. The van der Waals surface area contributed by atoms with Crippen LogP contribution in [0.1, 0.15) is 37.6 Å². The second-order valence-electron chi connectivity index (χ2n) is 7.36. The third kappa shape index (κ3) is 7.42. The van der Waals surface area contributed by atoms with Gasteiger partial charge in [0.05, 0.1) is 13.2 Å². The highest BCUT2D eigenvalue weighted by Crippen LogP contribution is 2.13. The third-order valence-electron chi connectivity index (χ3n) is 5.23. The van der Waals surface area contributed by atoms with Gasteiger partial charge in [0.25, 0.3) is 5.91 Å². The molecule has 1 aromatic carbocycles. The average molecular weight is 419 g/mol. The van der Waals surface area contributed by atoms with Crippen LogP contribution in [0.3, 0.4) is 0 Å². The van der Waals surface area contributed by atoms with E-state index in [-0.39, 0.29) is 24.3 Å². The number of carbonyl (C=O) groups is 3. The van der Waals surface area contributed by atoms with Crippen LogP contribution in [0.15, 0.2) is 24.3 Å². The summed E-state index contributed by atoms with van der Waals surface area (Å²) in [7, 11) is 0. The molecule has 1 fully saturated rings. The number of rotatable bonds is 10. The van der Waals surface area contributed by atoms with Crippen LogP contribution >= 0.6 is 0 Å². The van der Waals surface area contributed by atoms with Crippen molar-refractivity contribution in [1.29, 1.82) is 0 Å². The van der Waals surface area contributed by atoms with Gasteiger partial charge in [0.1, 0.15) is 6.54 Å². The topological polar surface area (TPSA) is 82.2 Å². The summed E-state index contributed by atoms with van der Waals surface area (Å²) < 4.78 is 5.32. The lowest BCUT2D eigenvalue weighted by molar-refractivity contribution is -0.136. The summed E-state index contributed by atoms with van der Waals surface area (Å²) in [6.07, 6.45) is 0.799. The van der Waals surface area contributed by atoms with Crippen molar-refractivity contribution in [2.75, 3.05) is 64.3 Å². The molecule has 30 heavy (non-hydrogen) atoms. The third-order valence-corrected chi connectivity index (χ3v) is 5.23. The molecular formula is C22H34N4O4. The first-order chi connectivity index (χ1) is 14.4. The highest BCUT2D eigenvalue weighted by molar-refractivity contribution is 5.97. The molecule has 1 saturated heterocycles. The van der Waals surface area contributed by atoms with E-state index >= 15 is 0 Å². The molecule has 166 valence electrons. The van der Waals surface area contributed by atoms with E-state index < -0.39 is 0 Å². The van der Waals surface area contributed by atoms with E-state index in [1.165, 1.54) is 6.92 Å². The molecule has 2 rings (SSSR count). The van der Waals surface area contributed by atoms with Crippen LogP contribution in [0.2, 0.25) is 0 Å². The Bertz CT molecular complexity index is 698. The predicted molar refractivity (Wildman–Crippen MR) is 116 cm³/mol. The van der Waals surface area contributed by atoms with E-state index in [4.69, 9.17) is 4.74 Å². The highest BCUT2D eigenvalue weighted by Gasteiger charge is 2.23. The first-order valence-corrected chi connectivity index (χ1v) is 10.7. The summed E-state index contributed by atoms with van der Waals surface area (Å²) >= 11 is 0.